The third kappa shape index (κ3) is 3.27. The SMILES string of the molecule is Cc1cccc(C(=O)OCS(=O)[O-])c1. The molecule has 1 unspecified atom stereocenters. The van der Waals surface area contributed by atoms with Gasteiger partial charge in [0.15, 0.2) is 5.94 Å². The van der Waals surface area contributed by atoms with Crippen molar-refractivity contribution >= 4 is 17.0 Å². The van der Waals surface area contributed by atoms with Gasteiger partial charge >= 0.3 is 5.97 Å². The van der Waals surface area contributed by atoms with Crippen molar-refractivity contribution in [1.82, 2.24) is 0 Å². The summed E-state index contributed by atoms with van der Waals surface area (Å²) in [7, 11) is 0. The minimum Gasteiger partial charge on any atom is -0.770 e. The first-order valence-electron chi connectivity index (χ1n) is 3.89. The minimum atomic E-state index is -2.36. The normalized spacial score (nSPS) is 12.1. The second-order valence-electron chi connectivity index (χ2n) is 2.72. The van der Waals surface area contributed by atoms with Gasteiger partial charge < -0.3 is 9.29 Å². The van der Waals surface area contributed by atoms with Crippen LogP contribution in [0.5, 0.6) is 0 Å². The molecule has 0 aliphatic carbocycles. The number of ether oxygens (including phenoxy) is 1. The Hall–Kier alpha value is -1.20. The molecule has 0 bridgehead atoms. The highest BCUT2D eigenvalue weighted by atomic mass is 32.2. The van der Waals surface area contributed by atoms with Crippen LogP contribution in [0.25, 0.3) is 0 Å². The Labute approximate surface area is 84.2 Å². The van der Waals surface area contributed by atoms with Crippen molar-refractivity contribution in [2.45, 2.75) is 6.92 Å². The fourth-order valence-electron chi connectivity index (χ4n) is 0.957. The smallest absolute Gasteiger partial charge is 0.339 e. The van der Waals surface area contributed by atoms with Gasteiger partial charge in [0.1, 0.15) is 0 Å². The molecule has 1 atom stereocenters. The van der Waals surface area contributed by atoms with E-state index in [2.05, 4.69) is 4.74 Å². The number of hydrogen-bond acceptors (Lipinski definition) is 4. The van der Waals surface area contributed by atoms with Gasteiger partial charge in [0, 0.05) is 0 Å². The molecule has 1 aromatic carbocycles. The molecule has 0 aromatic heterocycles. The van der Waals surface area contributed by atoms with Gasteiger partial charge in [0.05, 0.1) is 5.56 Å². The summed E-state index contributed by atoms with van der Waals surface area (Å²) in [4.78, 5) is 11.2. The molecule has 0 saturated carbocycles. The van der Waals surface area contributed by atoms with Gasteiger partial charge in [0.25, 0.3) is 0 Å². The van der Waals surface area contributed by atoms with Crippen LogP contribution in [0.3, 0.4) is 0 Å². The summed E-state index contributed by atoms with van der Waals surface area (Å²) >= 11 is -2.36. The second kappa shape index (κ2) is 4.88. The minimum absolute atomic E-state index is 0.357. The first-order chi connectivity index (χ1) is 6.59. The standard InChI is InChI=1S/C9H10O4S/c1-7-3-2-4-8(5-7)9(10)13-6-14(11)12/h2-5H,6H2,1H3,(H,11,12)/p-1. The monoisotopic (exact) mass is 213 g/mol. The molecule has 1 rings (SSSR count). The molecule has 0 aliphatic rings. The van der Waals surface area contributed by atoms with E-state index in [9.17, 15) is 13.6 Å². The summed E-state index contributed by atoms with van der Waals surface area (Å²) in [6.07, 6.45) is 0. The second-order valence-corrected chi connectivity index (χ2v) is 3.57. The molecule has 0 aliphatic heterocycles. The molecule has 0 amide bonds. The Morgan fingerprint density at radius 1 is 1.57 bits per heavy atom. The average Bonchev–Trinajstić information content (AvgIpc) is 2.14. The number of rotatable bonds is 3. The summed E-state index contributed by atoms with van der Waals surface area (Å²) < 4.78 is 24.7. The Morgan fingerprint density at radius 2 is 2.29 bits per heavy atom. The summed E-state index contributed by atoms with van der Waals surface area (Å²) in [6.45, 7) is 1.84. The lowest BCUT2D eigenvalue weighted by molar-refractivity contribution is 0.0569. The molecule has 0 fully saturated rings. The maximum absolute atomic E-state index is 11.2. The van der Waals surface area contributed by atoms with E-state index in [1.165, 1.54) is 0 Å². The fourth-order valence-corrected chi connectivity index (χ4v) is 1.16. The predicted octanol–water partition coefficient (Wildman–Crippen LogP) is 0.988. The van der Waals surface area contributed by atoms with E-state index in [0.717, 1.165) is 5.56 Å². The van der Waals surface area contributed by atoms with Crippen LogP contribution in [0.4, 0.5) is 0 Å². The largest absolute Gasteiger partial charge is 0.770 e. The first kappa shape index (κ1) is 10.9. The topological polar surface area (TPSA) is 66.4 Å². The van der Waals surface area contributed by atoms with Gasteiger partial charge in [-0.15, -0.1) is 0 Å². The van der Waals surface area contributed by atoms with E-state index >= 15 is 0 Å². The van der Waals surface area contributed by atoms with Crippen molar-refractivity contribution in [3.05, 3.63) is 35.4 Å². The fraction of sp³-hybridized carbons (Fsp3) is 0.222. The average molecular weight is 213 g/mol. The molecule has 0 N–H and O–H groups in total. The van der Waals surface area contributed by atoms with Crippen molar-refractivity contribution in [2.75, 3.05) is 5.94 Å². The molecule has 0 radical (unpaired) electrons. The molecular weight excluding hydrogens is 204 g/mol. The molecule has 76 valence electrons. The van der Waals surface area contributed by atoms with Crippen LogP contribution in [-0.2, 0) is 15.8 Å². The van der Waals surface area contributed by atoms with Crippen molar-refractivity contribution in [3.8, 4) is 0 Å². The molecule has 0 saturated heterocycles. The zero-order valence-corrected chi connectivity index (χ0v) is 8.37. The van der Waals surface area contributed by atoms with Crippen molar-refractivity contribution in [2.24, 2.45) is 0 Å². The number of benzene rings is 1. The number of carbonyl (C=O) groups is 1. The molecule has 4 nitrogen and oxygen atoms in total. The summed E-state index contributed by atoms with van der Waals surface area (Å²) in [5, 5.41) is 0. The van der Waals surface area contributed by atoms with Crippen molar-refractivity contribution in [3.63, 3.8) is 0 Å². The quantitative estimate of drug-likeness (QED) is 0.554. The molecule has 14 heavy (non-hydrogen) atoms. The van der Waals surface area contributed by atoms with Crippen LogP contribution < -0.4 is 0 Å². The van der Waals surface area contributed by atoms with Crippen LogP contribution in [0.15, 0.2) is 24.3 Å². The Kier molecular flexibility index (Phi) is 3.79. The molecule has 0 heterocycles. The molecule has 5 heteroatoms. The van der Waals surface area contributed by atoms with Crippen LogP contribution in [0, 0.1) is 6.92 Å². The highest BCUT2D eigenvalue weighted by molar-refractivity contribution is 7.78. The van der Waals surface area contributed by atoms with Gasteiger partial charge in [-0.25, -0.2) is 4.79 Å². The van der Waals surface area contributed by atoms with Crippen molar-refractivity contribution in [1.29, 1.82) is 0 Å². The molecular formula is C9H9O4S-. The lowest BCUT2D eigenvalue weighted by atomic mass is 10.1. The Morgan fingerprint density at radius 3 is 2.86 bits per heavy atom. The Balaban J connectivity index is 2.65. The lowest BCUT2D eigenvalue weighted by Gasteiger charge is -2.06. The predicted molar refractivity (Wildman–Crippen MR) is 50.4 cm³/mol. The van der Waals surface area contributed by atoms with Crippen LogP contribution in [-0.4, -0.2) is 20.7 Å². The number of carbonyl (C=O) groups excluding carboxylic acids is 1. The van der Waals surface area contributed by atoms with Gasteiger partial charge in [-0.1, -0.05) is 17.7 Å². The zero-order valence-electron chi connectivity index (χ0n) is 7.56. The number of aryl methyl sites for hydroxylation is 1. The maximum atomic E-state index is 11.2. The Bertz CT molecular complexity index is 362. The zero-order chi connectivity index (χ0) is 10.6. The van der Waals surface area contributed by atoms with Crippen LogP contribution in [0.2, 0.25) is 0 Å². The lowest BCUT2D eigenvalue weighted by Crippen LogP contribution is -2.09. The van der Waals surface area contributed by atoms with Crippen molar-refractivity contribution < 1.29 is 18.3 Å². The summed E-state index contributed by atoms with van der Waals surface area (Å²) in [5.41, 5.74) is 1.28. The van der Waals surface area contributed by atoms with E-state index < -0.39 is 23.0 Å². The highest BCUT2D eigenvalue weighted by Gasteiger charge is 2.05. The summed E-state index contributed by atoms with van der Waals surface area (Å²) in [6, 6.07) is 6.75. The molecule has 0 spiro atoms. The summed E-state index contributed by atoms with van der Waals surface area (Å²) in [5.74, 6) is -1.23. The van der Waals surface area contributed by atoms with E-state index in [-0.39, 0.29) is 0 Å². The van der Waals surface area contributed by atoms with Crippen LogP contribution >= 0.6 is 0 Å². The maximum Gasteiger partial charge on any atom is 0.339 e. The van der Waals surface area contributed by atoms with Gasteiger partial charge in [0.2, 0.25) is 0 Å². The van der Waals surface area contributed by atoms with Gasteiger partial charge in [-0.2, -0.15) is 0 Å². The third-order valence-electron chi connectivity index (χ3n) is 1.54. The van der Waals surface area contributed by atoms with E-state index in [1.807, 2.05) is 13.0 Å². The van der Waals surface area contributed by atoms with E-state index in [1.54, 1.807) is 18.2 Å². The molecule has 1 aromatic rings. The van der Waals surface area contributed by atoms with Crippen LogP contribution in [0.1, 0.15) is 15.9 Å². The van der Waals surface area contributed by atoms with Gasteiger partial charge in [-0.3, -0.25) is 4.21 Å². The number of hydrogen-bond donors (Lipinski definition) is 0. The van der Waals surface area contributed by atoms with E-state index in [4.69, 9.17) is 0 Å². The van der Waals surface area contributed by atoms with E-state index in [0.29, 0.717) is 5.56 Å². The number of esters is 1. The first-order valence-corrected chi connectivity index (χ1v) is 5.13. The van der Waals surface area contributed by atoms with Gasteiger partial charge in [-0.05, 0) is 30.1 Å². The third-order valence-corrected chi connectivity index (χ3v) is 1.85. The highest BCUT2D eigenvalue weighted by Crippen LogP contribution is 2.05.